The number of rotatable bonds is 7. The van der Waals surface area contributed by atoms with Gasteiger partial charge in [-0.1, -0.05) is 18.6 Å². The summed E-state index contributed by atoms with van der Waals surface area (Å²) in [7, 11) is 0. The molecular weight excluding hydrogens is 344 g/mol. The molecule has 3 rings (SSSR count). The molecule has 1 aliphatic rings. The van der Waals surface area contributed by atoms with Crippen molar-refractivity contribution in [2.75, 3.05) is 0 Å². The van der Waals surface area contributed by atoms with Crippen molar-refractivity contribution >= 4 is 11.9 Å². The van der Waals surface area contributed by atoms with Crippen LogP contribution >= 0.6 is 0 Å². The van der Waals surface area contributed by atoms with Gasteiger partial charge >= 0.3 is 5.97 Å². The smallest absolute Gasteiger partial charge is 0.335 e. The maximum absolute atomic E-state index is 12.1. The monoisotopic (exact) mass is 368 g/mol. The van der Waals surface area contributed by atoms with Crippen LogP contribution in [0.3, 0.4) is 0 Å². The zero-order valence-corrected chi connectivity index (χ0v) is 15.2. The number of nitrogens with zero attached hydrogens (tertiary/aromatic N) is 1. The fourth-order valence-corrected chi connectivity index (χ4v) is 3.19. The molecule has 1 amide bonds. The molecule has 2 N–H and O–H groups in total. The van der Waals surface area contributed by atoms with Crippen LogP contribution in [0.4, 0.5) is 0 Å². The van der Waals surface area contributed by atoms with Crippen LogP contribution in [-0.4, -0.2) is 28.1 Å². The van der Waals surface area contributed by atoms with E-state index in [0.717, 1.165) is 24.0 Å². The average molecular weight is 368 g/mol. The standard InChI is InChI=1S/C21H24N2O4/c24-19(12-15-6-8-17(9-7-15)21(25)26)23-14-16-10-11-22-20(13-16)27-18-4-2-1-3-5-18/h6-11,13,18H,1-5,12,14H2,(H,23,24)(H,25,26). The Morgan fingerprint density at radius 3 is 2.52 bits per heavy atom. The highest BCUT2D eigenvalue weighted by Gasteiger charge is 2.15. The first-order valence-corrected chi connectivity index (χ1v) is 9.30. The molecule has 0 unspecified atom stereocenters. The van der Waals surface area contributed by atoms with Crippen LogP contribution in [0.5, 0.6) is 5.88 Å². The van der Waals surface area contributed by atoms with E-state index in [-0.39, 0.29) is 24.0 Å². The molecule has 27 heavy (non-hydrogen) atoms. The van der Waals surface area contributed by atoms with E-state index in [4.69, 9.17) is 9.84 Å². The summed E-state index contributed by atoms with van der Waals surface area (Å²) in [6, 6.07) is 10.1. The lowest BCUT2D eigenvalue weighted by Crippen LogP contribution is -2.24. The predicted octanol–water partition coefficient (Wildman–Crippen LogP) is 3.35. The molecule has 1 aromatic heterocycles. The van der Waals surface area contributed by atoms with E-state index >= 15 is 0 Å². The van der Waals surface area contributed by atoms with Crippen molar-refractivity contribution in [2.45, 2.75) is 51.2 Å². The summed E-state index contributed by atoms with van der Waals surface area (Å²) < 4.78 is 5.96. The van der Waals surface area contributed by atoms with Gasteiger partial charge in [0.25, 0.3) is 0 Å². The number of aromatic carboxylic acids is 1. The van der Waals surface area contributed by atoms with Crippen LogP contribution in [0.1, 0.15) is 53.6 Å². The van der Waals surface area contributed by atoms with E-state index < -0.39 is 5.97 Å². The maximum atomic E-state index is 12.1. The first-order chi connectivity index (χ1) is 13.1. The summed E-state index contributed by atoms with van der Waals surface area (Å²) >= 11 is 0. The number of ether oxygens (including phenoxy) is 1. The third-order valence-corrected chi connectivity index (χ3v) is 4.69. The molecule has 6 heteroatoms. The SMILES string of the molecule is O=C(Cc1ccc(C(=O)O)cc1)NCc1ccnc(OC2CCCCC2)c1. The third kappa shape index (κ3) is 5.81. The Kier molecular flexibility index (Phi) is 6.41. The van der Waals surface area contributed by atoms with Gasteiger partial charge in [0.2, 0.25) is 11.8 Å². The Labute approximate surface area is 158 Å². The van der Waals surface area contributed by atoms with Crippen molar-refractivity contribution in [1.29, 1.82) is 0 Å². The molecule has 6 nitrogen and oxygen atoms in total. The minimum absolute atomic E-state index is 0.121. The first kappa shape index (κ1) is 18.9. The molecule has 1 fully saturated rings. The Morgan fingerprint density at radius 1 is 1.07 bits per heavy atom. The van der Waals surface area contributed by atoms with Gasteiger partial charge in [-0.2, -0.15) is 0 Å². The number of hydrogen-bond donors (Lipinski definition) is 2. The Balaban J connectivity index is 1.49. The molecule has 0 spiro atoms. The van der Waals surface area contributed by atoms with E-state index in [2.05, 4.69) is 10.3 Å². The second-order valence-electron chi connectivity index (χ2n) is 6.84. The van der Waals surface area contributed by atoms with Gasteiger partial charge in [0, 0.05) is 18.8 Å². The summed E-state index contributed by atoms with van der Waals surface area (Å²) in [5.74, 6) is -0.488. The number of pyridine rings is 1. The predicted molar refractivity (Wildman–Crippen MR) is 101 cm³/mol. The number of aromatic nitrogens is 1. The summed E-state index contributed by atoms with van der Waals surface area (Å²) in [6.45, 7) is 0.398. The summed E-state index contributed by atoms with van der Waals surface area (Å²) in [6.07, 6.45) is 7.97. The highest BCUT2D eigenvalue weighted by atomic mass is 16.5. The van der Waals surface area contributed by atoms with Crippen molar-refractivity contribution < 1.29 is 19.4 Å². The van der Waals surface area contributed by atoms with Gasteiger partial charge in [-0.25, -0.2) is 9.78 Å². The van der Waals surface area contributed by atoms with Gasteiger partial charge in [0.1, 0.15) is 6.10 Å². The van der Waals surface area contributed by atoms with Crippen molar-refractivity contribution in [3.63, 3.8) is 0 Å². The Hall–Kier alpha value is -2.89. The first-order valence-electron chi connectivity index (χ1n) is 9.30. The molecule has 0 bridgehead atoms. The highest BCUT2D eigenvalue weighted by molar-refractivity contribution is 5.87. The van der Waals surface area contributed by atoms with E-state index in [9.17, 15) is 9.59 Å². The molecule has 1 saturated carbocycles. The second-order valence-corrected chi connectivity index (χ2v) is 6.84. The molecule has 1 aromatic carbocycles. The zero-order valence-electron chi connectivity index (χ0n) is 15.2. The Bertz CT molecular complexity index is 783. The Morgan fingerprint density at radius 2 is 1.81 bits per heavy atom. The van der Waals surface area contributed by atoms with E-state index in [1.807, 2.05) is 12.1 Å². The summed E-state index contributed by atoms with van der Waals surface area (Å²) in [5.41, 5.74) is 1.92. The molecule has 2 aromatic rings. The second kappa shape index (κ2) is 9.16. The van der Waals surface area contributed by atoms with Crippen LogP contribution < -0.4 is 10.1 Å². The summed E-state index contributed by atoms with van der Waals surface area (Å²) in [5, 5.41) is 11.8. The summed E-state index contributed by atoms with van der Waals surface area (Å²) in [4.78, 5) is 27.3. The van der Waals surface area contributed by atoms with E-state index in [1.165, 1.54) is 31.4 Å². The van der Waals surface area contributed by atoms with Gasteiger partial charge in [0.05, 0.1) is 12.0 Å². The maximum Gasteiger partial charge on any atom is 0.335 e. The number of carbonyl (C=O) groups excluding carboxylic acids is 1. The number of hydrogen-bond acceptors (Lipinski definition) is 4. The van der Waals surface area contributed by atoms with Gasteiger partial charge in [-0.05, 0) is 55.0 Å². The lowest BCUT2D eigenvalue weighted by atomic mass is 9.98. The van der Waals surface area contributed by atoms with E-state index in [1.54, 1.807) is 18.3 Å². The lowest BCUT2D eigenvalue weighted by Gasteiger charge is -2.22. The van der Waals surface area contributed by atoms with Crippen LogP contribution in [0.2, 0.25) is 0 Å². The number of carboxylic acids is 1. The van der Waals surface area contributed by atoms with E-state index in [0.29, 0.717) is 12.4 Å². The number of nitrogens with one attached hydrogen (secondary N) is 1. The zero-order chi connectivity index (χ0) is 19.1. The van der Waals surface area contributed by atoms with Crippen LogP contribution in [0.25, 0.3) is 0 Å². The normalized spacial score (nSPS) is 14.5. The largest absolute Gasteiger partial charge is 0.478 e. The fourth-order valence-electron chi connectivity index (χ4n) is 3.19. The van der Waals surface area contributed by atoms with Gasteiger partial charge in [-0.15, -0.1) is 0 Å². The number of amides is 1. The molecule has 0 aliphatic heterocycles. The van der Waals surface area contributed by atoms with Gasteiger partial charge in [-0.3, -0.25) is 4.79 Å². The fraction of sp³-hybridized carbons (Fsp3) is 0.381. The van der Waals surface area contributed by atoms with Gasteiger partial charge in [0.15, 0.2) is 0 Å². The topological polar surface area (TPSA) is 88.5 Å². The number of benzene rings is 1. The molecule has 0 atom stereocenters. The minimum Gasteiger partial charge on any atom is -0.478 e. The van der Waals surface area contributed by atoms with Crippen LogP contribution in [0, 0.1) is 0 Å². The molecule has 142 valence electrons. The van der Waals surface area contributed by atoms with Crippen molar-refractivity contribution in [2.24, 2.45) is 0 Å². The molecule has 1 heterocycles. The lowest BCUT2D eigenvalue weighted by molar-refractivity contribution is -0.120. The van der Waals surface area contributed by atoms with Crippen molar-refractivity contribution in [1.82, 2.24) is 10.3 Å². The molecule has 1 aliphatic carbocycles. The molecule has 0 saturated heterocycles. The number of carboxylic acid groups (broad SMARTS) is 1. The number of carbonyl (C=O) groups is 2. The average Bonchev–Trinajstić information content (AvgIpc) is 2.68. The third-order valence-electron chi connectivity index (χ3n) is 4.69. The minimum atomic E-state index is -0.977. The van der Waals surface area contributed by atoms with Gasteiger partial charge < -0.3 is 15.2 Å². The van der Waals surface area contributed by atoms with Crippen LogP contribution in [0.15, 0.2) is 42.6 Å². The van der Waals surface area contributed by atoms with Crippen LogP contribution in [-0.2, 0) is 17.8 Å². The quantitative estimate of drug-likeness (QED) is 0.782. The van der Waals surface area contributed by atoms with Crippen molar-refractivity contribution in [3.05, 3.63) is 59.3 Å². The van der Waals surface area contributed by atoms with Crippen molar-refractivity contribution in [3.8, 4) is 5.88 Å². The highest BCUT2D eigenvalue weighted by Crippen LogP contribution is 2.22. The molecular formula is C21H24N2O4. The molecule has 0 radical (unpaired) electrons.